The molecule has 2 N–H and O–H groups in total. The van der Waals surface area contributed by atoms with Gasteiger partial charge in [-0.25, -0.2) is 0 Å². The first-order valence-corrected chi connectivity index (χ1v) is 6.67. The maximum absolute atomic E-state index is 5.93. The van der Waals surface area contributed by atoms with Gasteiger partial charge in [-0.1, -0.05) is 19.1 Å². The summed E-state index contributed by atoms with van der Waals surface area (Å²) in [4.78, 5) is 0. The maximum Gasteiger partial charge on any atom is 0.119 e. The minimum absolute atomic E-state index is 0.297. The zero-order chi connectivity index (χ0) is 13.0. The van der Waals surface area contributed by atoms with Gasteiger partial charge in [-0.2, -0.15) is 0 Å². The Morgan fingerprint density at radius 3 is 2.78 bits per heavy atom. The van der Waals surface area contributed by atoms with E-state index in [1.807, 2.05) is 19.1 Å². The quantitative estimate of drug-likeness (QED) is 0.842. The van der Waals surface area contributed by atoms with Crippen LogP contribution in [0.5, 0.6) is 5.75 Å². The Bertz CT molecular complexity index is 388. The lowest BCUT2D eigenvalue weighted by molar-refractivity contribution is -0.108. The number of hydrogen-bond acceptors (Lipinski definition) is 3. The first kappa shape index (κ1) is 13.4. The number of rotatable bonds is 6. The molecule has 0 radical (unpaired) electrons. The topological polar surface area (TPSA) is 44.5 Å². The molecule has 1 unspecified atom stereocenters. The van der Waals surface area contributed by atoms with Crippen LogP contribution in [0.25, 0.3) is 0 Å². The van der Waals surface area contributed by atoms with E-state index in [4.69, 9.17) is 15.2 Å². The van der Waals surface area contributed by atoms with Crippen molar-refractivity contribution in [1.82, 2.24) is 0 Å². The number of hydrogen-bond donors (Lipinski definition) is 1. The van der Waals surface area contributed by atoms with Crippen molar-refractivity contribution in [2.24, 2.45) is 11.1 Å². The summed E-state index contributed by atoms with van der Waals surface area (Å²) in [5.74, 6) is 1.32. The third-order valence-corrected chi connectivity index (χ3v) is 3.57. The maximum atomic E-state index is 5.93. The lowest BCUT2D eigenvalue weighted by atomic mass is 9.77. The van der Waals surface area contributed by atoms with E-state index in [-0.39, 0.29) is 0 Å². The Hall–Kier alpha value is -1.06. The molecule has 18 heavy (non-hydrogen) atoms. The van der Waals surface area contributed by atoms with E-state index in [1.165, 1.54) is 5.56 Å². The molecule has 1 aliphatic rings. The molecule has 100 valence electrons. The van der Waals surface area contributed by atoms with Gasteiger partial charge in [0.15, 0.2) is 0 Å². The Morgan fingerprint density at radius 2 is 2.22 bits per heavy atom. The standard InChI is InChI=1S/C15H23NO2/c1-3-18-14-6-4-5-12(7-14)13(9-16)8-15(2)10-17-11-15/h4-7,13H,3,8-11,16H2,1-2H3. The van der Waals surface area contributed by atoms with Gasteiger partial charge in [-0.15, -0.1) is 0 Å². The number of nitrogens with two attached hydrogens (primary N) is 1. The largest absolute Gasteiger partial charge is 0.494 e. The second kappa shape index (κ2) is 5.72. The van der Waals surface area contributed by atoms with Crippen molar-refractivity contribution >= 4 is 0 Å². The van der Waals surface area contributed by atoms with Crippen molar-refractivity contribution in [3.63, 3.8) is 0 Å². The fourth-order valence-electron chi connectivity index (χ4n) is 2.53. The van der Waals surface area contributed by atoms with Crippen molar-refractivity contribution in [2.75, 3.05) is 26.4 Å². The van der Waals surface area contributed by atoms with Gasteiger partial charge < -0.3 is 15.2 Å². The summed E-state index contributed by atoms with van der Waals surface area (Å²) in [6.07, 6.45) is 1.08. The molecule has 1 saturated heterocycles. The van der Waals surface area contributed by atoms with E-state index in [9.17, 15) is 0 Å². The molecule has 0 saturated carbocycles. The molecular weight excluding hydrogens is 226 g/mol. The minimum Gasteiger partial charge on any atom is -0.494 e. The van der Waals surface area contributed by atoms with Crippen molar-refractivity contribution in [3.05, 3.63) is 29.8 Å². The highest BCUT2D eigenvalue weighted by Gasteiger charge is 2.35. The summed E-state index contributed by atoms with van der Waals surface area (Å²) in [5.41, 5.74) is 7.51. The van der Waals surface area contributed by atoms with Crippen LogP contribution in [0, 0.1) is 5.41 Å². The van der Waals surface area contributed by atoms with Crippen molar-refractivity contribution < 1.29 is 9.47 Å². The average Bonchev–Trinajstić information content (AvgIpc) is 2.34. The molecule has 1 aromatic rings. The SMILES string of the molecule is CCOc1cccc(C(CN)CC2(C)COC2)c1. The predicted molar refractivity (Wildman–Crippen MR) is 72.9 cm³/mol. The lowest BCUT2D eigenvalue weighted by Gasteiger charge is -2.40. The number of ether oxygens (including phenoxy) is 2. The summed E-state index contributed by atoms with van der Waals surface area (Å²) in [6.45, 7) is 7.35. The molecule has 2 rings (SSSR count). The fourth-order valence-corrected chi connectivity index (χ4v) is 2.53. The summed E-state index contributed by atoms with van der Waals surface area (Å²) < 4.78 is 10.9. The van der Waals surface area contributed by atoms with Crippen LogP contribution in [0.3, 0.4) is 0 Å². The van der Waals surface area contributed by atoms with E-state index >= 15 is 0 Å². The first-order chi connectivity index (χ1) is 8.67. The Balaban J connectivity index is 2.08. The van der Waals surface area contributed by atoms with Gasteiger partial charge in [0.2, 0.25) is 0 Å². The van der Waals surface area contributed by atoms with Gasteiger partial charge in [0, 0.05) is 5.41 Å². The summed E-state index contributed by atoms with van der Waals surface area (Å²) in [7, 11) is 0. The molecule has 1 fully saturated rings. The van der Waals surface area contributed by atoms with Gasteiger partial charge in [0.25, 0.3) is 0 Å². The van der Waals surface area contributed by atoms with Crippen LogP contribution in [0.2, 0.25) is 0 Å². The predicted octanol–water partition coefficient (Wildman–Crippen LogP) is 2.55. The fraction of sp³-hybridized carbons (Fsp3) is 0.600. The Morgan fingerprint density at radius 1 is 1.44 bits per heavy atom. The molecule has 1 aliphatic heterocycles. The van der Waals surface area contributed by atoms with Crippen molar-refractivity contribution in [1.29, 1.82) is 0 Å². The van der Waals surface area contributed by atoms with Gasteiger partial charge in [0.05, 0.1) is 19.8 Å². The van der Waals surface area contributed by atoms with Crippen LogP contribution in [-0.4, -0.2) is 26.4 Å². The normalized spacial score (nSPS) is 19.1. The first-order valence-electron chi connectivity index (χ1n) is 6.67. The Labute approximate surface area is 109 Å². The molecule has 0 aliphatic carbocycles. The second-order valence-corrected chi connectivity index (χ2v) is 5.45. The van der Waals surface area contributed by atoms with E-state index in [0.717, 1.165) is 25.4 Å². The highest BCUT2D eigenvalue weighted by molar-refractivity contribution is 5.31. The molecule has 0 spiro atoms. The van der Waals surface area contributed by atoms with Crippen LogP contribution in [-0.2, 0) is 4.74 Å². The molecule has 0 amide bonds. The molecule has 1 atom stereocenters. The third-order valence-electron chi connectivity index (χ3n) is 3.57. The summed E-state index contributed by atoms with van der Waals surface area (Å²) >= 11 is 0. The van der Waals surface area contributed by atoms with Crippen molar-refractivity contribution in [2.45, 2.75) is 26.2 Å². The van der Waals surface area contributed by atoms with Crippen LogP contribution in [0.1, 0.15) is 31.7 Å². The van der Waals surface area contributed by atoms with E-state index in [1.54, 1.807) is 0 Å². The molecular formula is C15H23NO2. The molecule has 3 nitrogen and oxygen atoms in total. The van der Waals surface area contributed by atoms with E-state index in [0.29, 0.717) is 24.5 Å². The zero-order valence-corrected chi connectivity index (χ0v) is 11.3. The van der Waals surface area contributed by atoms with Gasteiger partial charge in [-0.05, 0) is 43.5 Å². The van der Waals surface area contributed by atoms with E-state index in [2.05, 4.69) is 19.1 Å². The smallest absolute Gasteiger partial charge is 0.119 e. The van der Waals surface area contributed by atoms with Crippen LogP contribution in [0.4, 0.5) is 0 Å². The molecule has 0 bridgehead atoms. The van der Waals surface area contributed by atoms with Gasteiger partial charge in [0.1, 0.15) is 5.75 Å². The van der Waals surface area contributed by atoms with Gasteiger partial charge in [-0.3, -0.25) is 0 Å². The second-order valence-electron chi connectivity index (χ2n) is 5.45. The van der Waals surface area contributed by atoms with Crippen molar-refractivity contribution in [3.8, 4) is 5.75 Å². The monoisotopic (exact) mass is 249 g/mol. The minimum atomic E-state index is 0.297. The molecule has 3 heteroatoms. The summed E-state index contributed by atoms with van der Waals surface area (Å²) in [5, 5.41) is 0. The van der Waals surface area contributed by atoms with Crippen LogP contribution in [0.15, 0.2) is 24.3 Å². The van der Waals surface area contributed by atoms with Crippen LogP contribution >= 0.6 is 0 Å². The molecule has 1 aromatic carbocycles. The molecule has 0 aromatic heterocycles. The third kappa shape index (κ3) is 3.03. The van der Waals surface area contributed by atoms with E-state index < -0.39 is 0 Å². The summed E-state index contributed by atoms with van der Waals surface area (Å²) in [6, 6.07) is 8.30. The molecule has 1 heterocycles. The number of benzene rings is 1. The Kier molecular flexibility index (Phi) is 4.25. The highest BCUT2D eigenvalue weighted by atomic mass is 16.5. The zero-order valence-electron chi connectivity index (χ0n) is 11.3. The highest BCUT2D eigenvalue weighted by Crippen LogP contribution is 2.37. The lowest BCUT2D eigenvalue weighted by Crippen LogP contribution is -2.41. The average molecular weight is 249 g/mol. The van der Waals surface area contributed by atoms with Gasteiger partial charge >= 0.3 is 0 Å². The van der Waals surface area contributed by atoms with Crippen LogP contribution < -0.4 is 10.5 Å².